The fraction of sp³-hybridized carbons (Fsp3) is 0.400. The average Bonchev–Trinajstić information content (AvgIpc) is 2.95. The Morgan fingerprint density at radius 2 is 0.795 bits per heavy atom. The third kappa shape index (κ3) is 11.2. The Balaban J connectivity index is 2.09. The van der Waals surface area contributed by atoms with Gasteiger partial charge in [0.05, 0.1) is 0 Å². The van der Waals surface area contributed by atoms with E-state index >= 15 is 0 Å². The Labute approximate surface area is 241 Å². The zero-order valence-electron chi connectivity index (χ0n) is 23.4. The van der Waals surface area contributed by atoms with Gasteiger partial charge in [0.1, 0.15) is 0 Å². The Kier molecular flexibility index (Phi) is 14.3. The first-order valence-electron chi connectivity index (χ1n) is 14.0. The van der Waals surface area contributed by atoms with Crippen LogP contribution in [0.3, 0.4) is 0 Å². The molecule has 3 aromatic carbocycles. The summed E-state index contributed by atoms with van der Waals surface area (Å²) in [6.45, 7) is 7.65. The monoisotopic (exact) mass is 632 g/mol. The molecular formula is C30H42O7SiZr. The van der Waals surface area contributed by atoms with Gasteiger partial charge in [0.15, 0.2) is 0 Å². The van der Waals surface area contributed by atoms with E-state index in [-0.39, 0.29) is 0 Å². The van der Waals surface area contributed by atoms with Crippen molar-refractivity contribution in [3.8, 4) is 17.2 Å². The second-order valence-corrected chi connectivity index (χ2v) is 16.5. The molecule has 0 atom stereocenters. The van der Waals surface area contributed by atoms with Crippen LogP contribution < -0.4 is 8.44 Å². The van der Waals surface area contributed by atoms with Crippen LogP contribution in [0.15, 0.2) is 91.0 Å². The minimum atomic E-state index is -5.18. The van der Waals surface area contributed by atoms with Crippen molar-refractivity contribution >= 4 is 9.05 Å². The van der Waals surface area contributed by atoms with Crippen molar-refractivity contribution in [1.82, 2.24) is 0 Å². The molecule has 0 spiro atoms. The standard InChI is InChI=1S/C12H27O4Si.3C6H6O.Zr/c1-4-7-10-14-17(13,15-11-8-5-2)16-12-9-6-3;3*7-6-4-2-1-3-5-6;/h4-12H2,1-3H3;3*1-5,7H;/q-1;;;;+4/p-3. The van der Waals surface area contributed by atoms with Gasteiger partial charge >= 0.3 is 243 Å². The fourth-order valence-corrected chi connectivity index (χ4v) is 13.4. The van der Waals surface area contributed by atoms with Gasteiger partial charge in [0.2, 0.25) is 0 Å². The molecule has 39 heavy (non-hydrogen) atoms. The first-order valence-corrected chi connectivity index (χ1v) is 19.6. The number of benzene rings is 3. The molecule has 0 heterocycles. The van der Waals surface area contributed by atoms with Crippen LogP contribution in [0, 0.1) is 0 Å². The van der Waals surface area contributed by atoms with E-state index in [2.05, 4.69) is 20.8 Å². The maximum atomic E-state index is 6.89. The van der Waals surface area contributed by atoms with Gasteiger partial charge in [-0.05, 0) is 0 Å². The molecule has 7 nitrogen and oxygen atoms in total. The number of unbranched alkanes of at least 4 members (excludes halogenated alkanes) is 3. The number of hydrogen-bond acceptors (Lipinski definition) is 7. The maximum absolute atomic E-state index is 6.89. The molecule has 0 fully saturated rings. The van der Waals surface area contributed by atoms with Gasteiger partial charge in [-0.15, -0.1) is 0 Å². The van der Waals surface area contributed by atoms with Crippen LogP contribution in [0.2, 0.25) is 0 Å². The van der Waals surface area contributed by atoms with E-state index < -0.39 is 31.1 Å². The van der Waals surface area contributed by atoms with Gasteiger partial charge in [-0.1, -0.05) is 0 Å². The van der Waals surface area contributed by atoms with Crippen LogP contribution in [-0.2, 0) is 37.8 Å². The Morgan fingerprint density at radius 3 is 1.08 bits per heavy atom. The van der Waals surface area contributed by atoms with E-state index in [0.717, 1.165) is 38.5 Å². The second-order valence-electron chi connectivity index (χ2n) is 8.95. The van der Waals surface area contributed by atoms with E-state index in [0.29, 0.717) is 37.1 Å². The number of rotatable bonds is 20. The summed E-state index contributed by atoms with van der Waals surface area (Å²) in [6, 6.07) is 28.3. The van der Waals surface area contributed by atoms with Gasteiger partial charge in [-0.2, -0.15) is 0 Å². The minimum absolute atomic E-state index is 0.435. The molecule has 0 amide bonds. The average molecular weight is 634 g/mol. The summed E-state index contributed by atoms with van der Waals surface area (Å²) in [7, 11) is -3.79. The normalized spacial score (nSPS) is 11.8. The summed E-state index contributed by atoms with van der Waals surface area (Å²) in [6.07, 6.45) is 5.41. The Hall–Kier alpha value is -2.00. The van der Waals surface area contributed by atoms with Crippen LogP contribution in [0.1, 0.15) is 59.3 Å². The fourth-order valence-electron chi connectivity index (χ4n) is 3.41. The van der Waals surface area contributed by atoms with Crippen molar-refractivity contribution < 1.29 is 46.2 Å². The number of hydrogen-bond donors (Lipinski definition) is 0. The van der Waals surface area contributed by atoms with Crippen molar-refractivity contribution in [2.45, 2.75) is 59.3 Å². The van der Waals surface area contributed by atoms with E-state index in [9.17, 15) is 0 Å². The topological polar surface area (TPSA) is 64.6 Å². The van der Waals surface area contributed by atoms with E-state index in [1.54, 1.807) is 0 Å². The van der Waals surface area contributed by atoms with Crippen molar-refractivity contribution in [3.05, 3.63) is 91.0 Å². The predicted molar refractivity (Wildman–Crippen MR) is 151 cm³/mol. The third-order valence-electron chi connectivity index (χ3n) is 5.54. The summed E-state index contributed by atoms with van der Waals surface area (Å²) in [5.74, 6) is 1.70. The summed E-state index contributed by atoms with van der Waals surface area (Å²) in [5.41, 5.74) is 0. The molecule has 0 saturated heterocycles. The summed E-state index contributed by atoms with van der Waals surface area (Å²) >= 11 is -5.18. The molecule has 0 aliphatic heterocycles. The molecule has 0 saturated carbocycles. The summed E-state index contributed by atoms with van der Waals surface area (Å²) < 4.78 is 46.0. The molecule has 0 radical (unpaired) electrons. The second kappa shape index (κ2) is 17.6. The van der Waals surface area contributed by atoms with Gasteiger partial charge < -0.3 is 0 Å². The van der Waals surface area contributed by atoms with Crippen LogP contribution in [0.5, 0.6) is 17.2 Å². The van der Waals surface area contributed by atoms with Crippen molar-refractivity contribution in [3.63, 3.8) is 0 Å². The van der Waals surface area contributed by atoms with Gasteiger partial charge in [0, 0.05) is 0 Å². The molecule has 0 aliphatic carbocycles. The molecule has 0 aliphatic rings. The molecule has 0 bridgehead atoms. The quantitative estimate of drug-likeness (QED) is 0.0925. The van der Waals surface area contributed by atoms with E-state index in [4.69, 9.17) is 24.2 Å². The van der Waals surface area contributed by atoms with Crippen LogP contribution >= 0.6 is 0 Å². The first kappa shape index (κ1) is 31.5. The van der Waals surface area contributed by atoms with Crippen molar-refractivity contribution in [1.29, 1.82) is 0 Å². The van der Waals surface area contributed by atoms with Crippen LogP contribution in [-0.4, -0.2) is 28.9 Å². The molecule has 0 aromatic heterocycles. The zero-order chi connectivity index (χ0) is 27.7. The number of para-hydroxylation sites is 3. The zero-order valence-corrected chi connectivity index (χ0v) is 26.8. The van der Waals surface area contributed by atoms with Gasteiger partial charge in [-0.25, -0.2) is 0 Å². The molecule has 9 heteroatoms. The predicted octanol–water partition coefficient (Wildman–Crippen LogP) is 7.94. The molecule has 212 valence electrons. The third-order valence-corrected chi connectivity index (χ3v) is 15.0. The molecule has 3 rings (SSSR count). The van der Waals surface area contributed by atoms with E-state index in [1.807, 2.05) is 91.0 Å². The van der Waals surface area contributed by atoms with Gasteiger partial charge in [0.25, 0.3) is 0 Å². The Morgan fingerprint density at radius 1 is 0.487 bits per heavy atom. The van der Waals surface area contributed by atoms with Crippen LogP contribution in [0.25, 0.3) is 0 Å². The van der Waals surface area contributed by atoms with E-state index in [1.165, 1.54) is 0 Å². The first-order chi connectivity index (χ1) is 19.1. The van der Waals surface area contributed by atoms with Crippen molar-refractivity contribution in [2.24, 2.45) is 0 Å². The summed E-state index contributed by atoms with van der Waals surface area (Å²) in [4.78, 5) is 0. The SMILES string of the molecule is CCCCO[Si](OCCCC)(OCCCC)[O][Zr]([O]c1ccccc1)([O]c1ccccc1)[O]c1ccccc1. The molecule has 0 N–H and O–H groups in total. The molecule has 0 unspecified atom stereocenters. The van der Waals surface area contributed by atoms with Gasteiger partial charge in [-0.3, -0.25) is 0 Å². The molecule has 3 aromatic rings. The summed E-state index contributed by atoms with van der Waals surface area (Å²) in [5, 5.41) is 0. The van der Waals surface area contributed by atoms with Crippen molar-refractivity contribution in [2.75, 3.05) is 19.8 Å². The molecular weight excluding hydrogens is 592 g/mol. The Bertz CT molecular complexity index is 899. The van der Waals surface area contributed by atoms with Crippen LogP contribution in [0.4, 0.5) is 0 Å².